The molecule has 0 aromatic carbocycles. The van der Waals surface area contributed by atoms with Crippen LogP contribution in [0.4, 0.5) is 0 Å². The predicted molar refractivity (Wildman–Crippen MR) is 435 cm³/mol. The molecule has 19 heteroatoms. The number of aliphatic hydroxyl groups excluding tert-OH is 1. The lowest BCUT2D eigenvalue weighted by Crippen LogP contribution is -2.30. The van der Waals surface area contributed by atoms with E-state index in [1.54, 1.807) is 0 Å². The number of hydrogen-bond acceptors (Lipinski definition) is 15. The highest BCUT2D eigenvalue weighted by Gasteiger charge is 2.30. The molecule has 5 atom stereocenters. The maximum Gasteiger partial charge on any atom is 0.472 e. The molecule has 0 fully saturated rings. The molecule has 5 unspecified atom stereocenters. The molecule has 0 aromatic rings. The zero-order valence-electron chi connectivity index (χ0n) is 65.0. The van der Waals surface area contributed by atoms with Crippen LogP contribution in [0.15, 0.2) is 207 Å². The van der Waals surface area contributed by atoms with Crippen LogP contribution in [0.5, 0.6) is 0 Å². The Labute approximate surface area is 639 Å². The summed E-state index contributed by atoms with van der Waals surface area (Å²) in [6.07, 6.45) is 95.3. The van der Waals surface area contributed by atoms with Crippen molar-refractivity contribution in [1.29, 1.82) is 0 Å². The van der Waals surface area contributed by atoms with Crippen molar-refractivity contribution < 1.29 is 80.2 Å². The maximum absolute atomic E-state index is 13.1. The molecular formula is C87H136O17P2. The Kier molecular flexibility index (Phi) is 72.2. The number of aliphatic hydroxyl groups is 1. The standard InChI is InChI=1S/C87H136O17P2/c1-5-9-13-17-21-25-29-33-37-40-44-47-51-55-59-63-67-71-84(89)97-77-82(103-86(91)73-69-65-61-57-53-49-43-36-32-28-24-20-16-12-8-4)79-101-105(93,94)99-75-81(88)76-100-106(95,96)102-80-83(104-87(92)74-70-66-62-58-54-50-46-42-39-35-31-27-23-19-15-11-7-3)78-98-85(90)72-68-64-60-56-52-48-45-41-38-34-30-26-22-18-14-10-6-2/h9-16,21-28,33-39,43-48,50,53,55,57,59,81-83,88H,5-8,17-20,29-32,40-42,49,51-52,54,56,58,60-80H2,1-4H3,(H,93,94)(H,95,96)/b13-9-,14-10-,15-11-,16-12-,25-21-,26-22-,27-23-,28-24-,37-33-,38-34-,39-35-,43-36-,47-44-,48-45-,50-46-,57-53-,59-55-. The summed E-state index contributed by atoms with van der Waals surface area (Å²) in [5.74, 6) is -2.37. The van der Waals surface area contributed by atoms with Crippen LogP contribution >= 0.6 is 15.6 Å². The summed E-state index contributed by atoms with van der Waals surface area (Å²) in [5, 5.41) is 10.6. The quantitative estimate of drug-likeness (QED) is 0.0169. The van der Waals surface area contributed by atoms with Gasteiger partial charge in [0.15, 0.2) is 12.2 Å². The zero-order valence-corrected chi connectivity index (χ0v) is 66.8. The van der Waals surface area contributed by atoms with E-state index in [2.05, 4.69) is 216 Å². The minimum absolute atomic E-state index is 0.0205. The van der Waals surface area contributed by atoms with Crippen molar-refractivity contribution in [1.82, 2.24) is 0 Å². The highest BCUT2D eigenvalue weighted by molar-refractivity contribution is 7.47. The number of rotatable bonds is 71. The maximum atomic E-state index is 13.1. The van der Waals surface area contributed by atoms with Gasteiger partial charge in [0.1, 0.15) is 19.3 Å². The number of unbranched alkanes of at least 4 members (excludes halogenated alkanes) is 11. The summed E-state index contributed by atoms with van der Waals surface area (Å²) in [6, 6.07) is 0. The molecule has 0 saturated heterocycles. The van der Waals surface area contributed by atoms with Crippen molar-refractivity contribution in [3.05, 3.63) is 207 Å². The number of carbonyl (C=O) groups excluding carboxylic acids is 4. The van der Waals surface area contributed by atoms with Gasteiger partial charge in [-0.05, 0) is 180 Å². The third-order valence-corrected chi connectivity index (χ3v) is 17.1. The van der Waals surface area contributed by atoms with Gasteiger partial charge in [-0.15, -0.1) is 0 Å². The molecule has 0 heterocycles. The van der Waals surface area contributed by atoms with Gasteiger partial charge >= 0.3 is 39.5 Å². The summed E-state index contributed by atoms with van der Waals surface area (Å²) in [7, 11) is -10.0. The molecule has 0 aromatic heterocycles. The number of ether oxygens (including phenoxy) is 4. The third-order valence-electron chi connectivity index (χ3n) is 15.2. The van der Waals surface area contributed by atoms with Crippen molar-refractivity contribution in [2.75, 3.05) is 39.6 Å². The van der Waals surface area contributed by atoms with E-state index in [0.29, 0.717) is 38.5 Å². The van der Waals surface area contributed by atoms with Crippen LogP contribution in [0.25, 0.3) is 0 Å². The Hall–Kier alpha value is -6.36. The molecular weight excluding hydrogens is 1380 g/mol. The second kappa shape index (κ2) is 76.8. The van der Waals surface area contributed by atoms with Gasteiger partial charge in [0.2, 0.25) is 0 Å². The topological polar surface area (TPSA) is 237 Å². The van der Waals surface area contributed by atoms with Crippen LogP contribution in [0.3, 0.4) is 0 Å². The molecule has 0 spiro atoms. The first-order chi connectivity index (χ1) is 51.7. The van der Waals surface area contributed by atoms with Gasteiger partial charge in [-0.3, -0.25) is 37.3 Å². The van der Waals surface area contributed by atoms with Gasteiger partial charge in [0.05, 0.1) is 26.4 Å². The Bertz CT molecular complexity index is 2830. The fraction of sp³-hybridized carbons (Fsp3) is 0.563. The van der Waals surface area contributed by atoms with Crippen molar-refractivity contribution in [2.45, 2.75) is 277 Å². The van der Waals surface area contributed by atoms with Crippen molar-refractivity contribution >= 4 is 39.5 Å². The van der Waals surface area contributed by atoms with Gasteiger partial charge in [-0.2, -0.15) is 0 Å². The first kappa shape index (κ1) is 99.6. The highest BCUT2D eigenvalue weighted by Crippen LogP contribution is 2.45. The monoisotopic (exact) mass is 1510 g/mol. The van der Waals surface area contributed by atoms with E-state index in [4.69, 9.17) is 37.0 Å². The van der Waals surface area contributed by atoms with E-state index in [9.17, 15) is 43.2 Å². The number of phosphoric acid groups is 2. The Morgan fingerprint density at radius 1 is 0.264 bits per heavy atom. The summed E-state index contributed by atoms with van der Waals surface area (Å²) < 4.78 is 68.5. The third kappa shape index (κ3) is 75.9. The zero-order chi connectivity index (χ0) is 77.4. The fourth-order valence-corrected chi connectivity index (χ4v) is 11.0. The molecule has 3 N–H and O–H groups in total. The minimum Gasteiger partial charge on any atom is -0.462 e. The van der Waals surface area contributed by atoms with Crippen LogP contribution in [0, 0.1) is 0 Å². The molecule has 106 heavy (non-hydrogen) atoms. The van der Waals surface area contributed by atoms with E-state index in [-0.39, 0.29) is 25.7 Å². The minimum atomic E-state index is -5.02. The van der Waals surface area contributed by atoms with Gasteiger partial charge in [-0.25, -0.2) is 9.13 Å². The van der Waals surface area contributed by atoms with Gasteiger partial charge < -0.3 is 33.8 Å². The highest BCUT2D eigenvalue weighted by atomic mass is 31.2. The summed E-state index contributed by atoms with van der Waals surface area (Å²) in [4.78, 5) is 73.0. The molecule has 0 aliphatic rings. The Balaban J connectivity index is 5.53. The smallest absolute Gasteiger partial charge is 0.462 e. The first-order valence-corrected chi connectivity index (χ1v) is 42.3. The molecule has 596 valence electrons. The van der Waals surface area contributed by atoms with Crippen LogP contribution in [0.1, 0.15) is 259 Å². The van der Waals surface area contributed by atoms with Crippen molar-refractivity contribution in [3.63, 3.8) is 0 Å². The Morgan fingerprint density at radius 2 is 0.472 bits per heavy atom. The largest absolute Gasteiger partial charge is 0.472 e. The molecule has 0 saturated carbocycles. The van der Waals surface area contributed by atoms with Crippen molar-refractivity contribution in [2.24, 2.45) is 0 Å². The first-order valence-electron chi connectivity index (χ1n) is 39.3. The van der Waals surface area contributed by atoms with Gasteiger partial charge in [0, 0.05) is 25.7 Å². The molecule has 0 rings (SSSR count). The van der Waals surface area contributed by atoms with E-state index in [1.165, 1.54) is 0 Å². The number of esters is 4. The molecule has 0 bridgehead atoms. The van der Waals surface area contributed by atoms with Crippen molar-refractivity contribution in [3.8, 4) is 0 Å². The lowest BCUT2D eigenvalue weighted by atomic mass is 10.1. The number of hydrogen-bond donors (Lipinski definition) is 3. The SMILES string of the molecule is CC/C=C\C/C=C\C/C=C\C/C=C\C/C=C\CCCC(=O)OCC(COP(=O)(O)OCC(O)COP(=O)(O)OCC(COC(=O)CCCCCC/C=C\C/C=C\C/C=C\C/C=C\CC)OC(=O)CCCCCC/C=C\C/C=C\C/C=C\C/C=C\CC)OC(=O)CCCC/C=C\C/C=C\C/C=C\C/C=C\CC. The fourth-order valence-electron chi connectivity index (χ4n) is 9.40. The molecule has 17 nitrogen and oxygen atoms in total. The Morgan fingerprint density at radius 3 is 0.755 bits per heavy atom. The number of phosphoric ester groups is 2. The number of carbonyl (C=O) groups is 4. The summed E-state index contributed by atoms with van der Waals surface area (Å²) in [6.45, 7) is 4.21. The van der Waals surface area contributed by atoms with Gasteiger partial charge in [-0.1, -0.05) is 260 Å². The predicted octanol–water partition coefficient (Wildman–Crippen LogP) is 23.1. The summed E-state index contributed by atoms with van der Waals surface area (Å²) >= 11 is 0. The van der Waals surface area contributed by atoms with Crippen LogP contribution in [0.2, 0.25) is 0 Å². The summed E-state index contributed by atoms with van der Waals surface area (Å²) in [5.41, 5.74) is 0. The van der Waals surface area contributed by atoms with E-state index in [0.717, 1.165) is 167 Å². The molecule has 0 radical (unpaired) electrons. The van der Waals surface area contributed by atoms with Crippen LogP contribution < -0.4 is 0 Å². The lowest BCUT2D eigenvalue weighted by molar-refractivity contribution is -0.161. The van der Waals surface area contributed by atoms with Crippen LogP contribution in [-0.2, 0) is 65.4 Å². The second-order valence-corrected chi connectivity index (χ2v) is 28.0. The average Bonchev–Trinajstić information content (AvgIpc) is 0.901. The molecule has 0 aliphatic carbocycles. The van der Waals surface area contributed by atoms with E-state index < -0.39 is 97.5 Å². The van der Waals surface area contributed by atoms with E-state index >= 15 is 0 Å². The normalized spacial score (nSPS) is 15.0. The second-order valence-electron chi connectivity index (χ2n) is 25.1. The molecule has 0 amide bonds. The van der Waals surface area contributed by atoms with E-state index in [1.807, 2.05) is 18.2 Å². The molecule has 0 aliphatic heterocycles. The number of allylic oxidation sites excluding steroid dienone is 34. The van der Waals surface area contributed by atoms with Crippen LogP contribution in [-0.4, -0.2) is 96.7 Å². The lowest BCUT2D eigenvalue weighted by Gasteiger charge is -2.21. The van der Waals surface area contributed by atoms with Gasteiger partial charge in [0.25, 0.3) is 0 Å². The average molecular weight is 1520 g/mol.